The molecule has 3 atom stereocenters. The Morgan fingerprint density at radius 1 is 1.00 bits per heavy atom. The van der Waals surface area contributed by atoms with Crippen LogP contribution in [0.15, 0.2) is 99.9 Å². The summed E-state index contributed by atoms with van der Waals surface area (Å²) >= 11 is 4.72. The van der Waals surface area contributed by atoms with Gasteiger partial charge in [0.15, 0.2) is 0 Å². The van der Waals surface area contributed by atoms with E-state index in [2.05, 4.69) is 20.9 Å². The van der Waals surface area contributed by atoms with Crippen molar-refractivity contribution in [3.8, 4) is 17.3 Å². The molecule has 4 aromatic rings. The van der Waals surface area contributed by atoms with Crippen LogP contribution < -0.4 is 10.7 Å². The van der Waals surface area contributed by atoms with Crippen LogP contribution in [0.4, 0.5) is 5.13 Å². The first-order valence-corrected chi connectivity index (χ1v) is 13.1. The lowest BCUT2D eigenvalue weighted by Gasteiger charge is -2.26. The van der Waals surface area contributed by atoms with Crippen LogP contribution in [0.25, 0.3) is 11.3 Å². The summed E-state index contributed by atoms with van der Waals surface area (Å²) in [5.74, 6) is -4.19. The van der Waals surface area contributed by atoms with E-state index < -0.39 is 23.7 Å². The zero-order valence-corrected chi connectivity index (χ0v) is 21.8. The van der Waals surface area contributed by atoms with Gasteiger partial charge in [0.05, 0.1) is 23.4 Å². The third-order valence-electron chi connectivity index (χ3n) is 6.21. The van der Waals surface area contributed by atoms with Gasteiger partial charge in [-0.2, -0.15) is 15.4 Å². The van der Waals surface area contributed by atoms with E-state index in [1.807, 2.05) is 72.1 Å². The molecule has 9 heteroatoms. The lowest BCUT2D eigenvalue weighted by Crippen LogP contribution is -2.39. The maximum atomic E-state index is 14.1. The number of nitrogens with zero attached hydrogens (tertiary/aromatic N) is 4. The van der Waals surface area contributed by atoms with Crippen LogP contribution in [0, 0.1) is 23.2 Å². The zero-order valence-electron chi connectivity index (χ0n) is 19.4. The Balaban J connectivity index is 1.63. The number of hydrogen-bond acceptors (Lipinski definition) is 6. The first-order chi connectivity index (χ1) is 18.0. The lowest BCUT2D eigenvalue weighted by molar-refractivity contribution is -0.123. The predicted octanol–water partition coefficient (Wildman–Crippen LogP) is 5.35. The molecule has 0 unspecified atom stereocenters. The molecular weight excluding hydrogens is 550 g/mol. The molecule has 0 saturated heterocycles. The molecule has 5 rings (SSSR count). The minimum Gasteiger partial charge on any atom is -0.369 e. The largest absolute Gasteiger partial charge is 0.369 e. The highest BCUT2D eigenvalue weighted by Crippen LogP contribution is 2.41. The van der Waals surface area contributed by atoms with Crippen LogP contribution in [0.1, 0.15) is 17.0 Å². The molecule has 182 valence electrons. The molecule has 1 aliphatic rings. The number of thiazole rings is 1. The fourth-order valence-corrected chi connectivity index (χ4v) is 5.51. The summed E-state index contributed by atoms with van der Waals surface area (Å²) < 4.78 is 0.829. The Morgan fingerprint density at radius 2 is 1.62 bits per heavy atom. The SMILES string of the molecule is N#C[C@@H](C(N)=O)[C@H](c1ccc(Br)cc1)[C@@H]1C(=O)N(c2nc(-c3ccccc3)cs2)N=C1c1ccccc1. The number of benzene rings is 3. The number of hydrogen-bond donors (Lipinski definition) is 1. The van der Waals surface area contributed by atoms with Crippen LogP contribution in [0.3, 0.4) is 0 Å². The first-order valence-electron chi connectivity index (χ1n) is 11.4. The van der Waals surface area contributed by atoms with Gasteiger partial charge in [-0.3, -0.25) is 9.59 Å². The Labute approximate surface area is 226 Å². The van der Waals surface area contributed by atoms with Gasteiger partial charge in [-0.1, -0.05) is 88.7 Å². The Kier molecular flexibility index (Phi) is 6.95. The van der Waals surface area contributed by atoms with Crippen LogP contribution in [0.5, 0.6) is 0 Å². The summed E-state index contributed by atoms with van der Waals surface area (Å²) in [5.41, 5.74) is 9.14. The third-order valence-corrected chi connectivity index (χ3v) is 7.55. The van der Waals surface area contributed by atoms with Gasteiger partial charge >= 0.3 is 0 Å². The van der Waals surface area contributed by atoms with Crippen molar-refractivity contribution in [1.82, 2.24) is 4.98 Å². The molecule has 2 N–H and O–H groups in total. The fraction of sp³-hybridized carbons (Fsp3) is 0.107. The molecule has 2 heterocycles. The van der Waals surface area contributed by atoms with Crippen LogP contribution in [-0.2, 0) is 9.59 Å². The van der Waals surface area contributed by atoms with Crippen molar-refractivity contribution in [2.24, 2.45) is 22.7 Å². The number of primary amides is 1. The number of hydrazone groups is 1. The summed E-state index contributed by atoms with van der Waals surface area (Å²) in [5, 5.41) is 18.2. The average molecular weight is 570 g/mol. The second-order valence-electron chi connectivity index (χ2n) is 8.45. The number of halogens is 1. The summed E-state index contributed by atoms with van der Waals surface area (Å²) in [6.45, 7) is 0. The molecule has 1 aromatic heterocycles. The third kappa shape index (κ3) is 4.81. The lowest BCUT2D eigenvalue weighted by atomic mass is 9.73. The van der Waals surface area contributed by atoms with Crippen LogP contribution >= 0.6 is 27.3 Å². The number of carbonyl (C=O) groups excluding carboxylic acids is 2. The summed E-state index contributed by atoms with van der Waals surface area (Å²) in [6, 6.07) is 28.2. The molecular formula is C28H20BrN5O2S. The monoisotopic (exact) mass is 569 g/mol. The van der Waals surface area contributed by atoms with Crippen LogP contribution in [-0.4, -0.2) is 22.5 Å². The van der Waals surface area contributed by atoms with Crippen molar-refractivity contribution in [2.45, 2.75) is 5.92 Å². The van der Waals surface area contributed by atoms with E-state index in [-0.39, 0.29) is 5.91 Å². The Bertz CT molecular complexity index is 1510. The molecule has 0 radical (unpaired) electrons. The fourth-order valence-electron chi connectivity index (χ4n) is 4.46. The predicted molar refractivity (Wildman–Crippen MR) is 147 cm³/mol. The number of rotatable bonds is 7. The van der Waals surface area contributed by atoms with Gasteiger partial charge < -0.3 is 5.73 Å². The highest BCUT2D eigenvalue weighted by Gasteiger charge is 2.48. The molecule has 1 aliphatic heterocycles. The molecule has 0 bridgehead atoms. The molecule has 3 aromatic carbocycles. The quantitative estimate of drug-likeness (QED) is 0.323. The number of aromatic nitrogens is 1. The van der Waals surface area contributed by atoms with Crippen molar-refractivity contribution in [3.63, 3.8) is 0 Å². The maximum Gasteiger partial charge on any atom is 0.259 e. The smallest absolute Gasteiger partial charge is 0.259 e. The minimum atomic E-state index is -1.25. The molecule has 0 saturated carbocycles. The topological polar surface area (TPSA) is 112 Å². The number of amides is 2. The Morgan fingerprint density at radius 3 is 2.22 bits per heavy atom. The van der Waals surface area contributed by atoms with Crippen molar-refractivity contribution in [1.29, 1.82) is 5.26 Å². The van der Waals surface area contributed by atoms with E-state index >= 15 is 0 Å². The summed E-state index contributed by atoms with van der Waals surface area (Å²) in [6.07, 6.45) is 0. The number of nitriles is 1. The molecule has 7 nitrogen and oxygen atoms in total. The van der Waals surface area contributed by atoms with E-state index in [1.165, 1.54) is 16.3 Å². The van der Waals surface area contributed by atoms with E-state index in [0.29, 0.717) is 22.0 Å². The second kappa shape index (κ2) is 10.5. The number of anilines is 1. The van der Waals surface area contributed by atoms with Gasteiger partial charge in [-0.05, 0) is 23.3 Å². The number of nitrogens with two attached hydrogens (primary N) is 1. The normalized spacial score (nSPS) is 16.6. The van der Waals surface area contributed by atoms with Gasteiger partial charge in [-0.15, -0.1) is 11.3 Å². The van der Waals surface area contributed by atoms with E-state index in [1.54, 1.807) is 24.3 Å². The standard InChI is InChI=1S/C28H20BrN5O2S/c29-20-13-11-18(12-14-20)23(21(15-30)26(31)35)24-25(19-9-5-2-6-10-19)33-34(27(24)36)28-32-22(16-37-28)17-7-3-1-4-8-17/h1-14,16,21,23-24H,(H2,31,35)/t21-,23+,24+/m1/s1. The highest BCUT2D eigenvalue weighted by atomic mass is 79.9. The average Bonchev–Trinajstić information content (AvgIpc) is 3.54. The van der Waals surface area contributed by atoms with Crippen molar-refractivity contribution in [2.75, 3.05) is 5.01 Å². The van der Waals surface area contributed by atoms with E-state index in [9.17, 15) is 14.9 Å². The Hall–Kier alpha value is -4.13. The van der Waals surface area contributed by atoms with Crippen molar-refractivity contribution < 1.29 is 9.59 Å². The van der Waals surface area contributed by atoms with Crippen LogP contribution in [0.2, 0.25) is 0 Å². The molecule has 37 heavy (non-hydrogen) atoms. The van der Waals surface area contributed by atoms with E-state index in [0.717, 1.165) is 15.7 Å². The van der Waals surface area contributed by atoms with E-state index in [4.69, 9.17) is 10.8 Å². The van der Waals surface area contributed by atoms with Crippen molar-refractivity contribution >= 4 is 49.9 Å². The molecule has 0 spiro atoms. The maximum absolute atomic E-state index is 14.1. The van der Waals surface area contributed by atoms with Gasteiger partial charge in [0.25, 0.3) is 5.91 Å². The highest BCUT2D eigenvalue weighted by molar-refractivity contribution is 9.10. The minimum absolute atomic E-state index is 0.373. The molecule has 0 fully saturated rings. The molecule has 0 aliphatic carbocycles. The second-order valence-corrected chi connectivity index (χ2v) is 10.2. The molecule has 2 amide bonds. The van der Waals surface area contributed by atoms with Gasteiger partial charge in [0.2, 0.25) is 11.0 Å². The van der Waals surface area contributed by atoms with Gasteiger partial charge in [0.1, 0.15) is 5.92 Å². The summed E-state index contributed by atoms with van der Waals surface area (Å²) in [7, 11) is 0. The number of carbonyl (C=O) groups is 2. The van der Waals surface area contributed by atoms with Gasteiger partial charge in [0, 0.05) is 21.3 Å². The first kappa shape index (κ1) is 24.6. The summed E-state index contributed by atoms with van der Waals surface area (Å²) in [4.78, 5) is 31.2. The van der Waals surface area contributed by atoms with Gasteiger partial charge in [-0.25, -0.2) is 4.98 Å². The van der Waals surface area contributed by atoms with Crippen molar-refractivity contribution in [3.05, 3.63) is 106 Å². The zero-order chi connectivity index (χ0) is 25.9.